The zero-order valence-electron chi connectivity index (χ0n) is 16.1. The van der Waals surface area contributed by atoms with Crippen molar-refractivity contribution in [2.45, 2.75) is 19.4 Å². The summed E-state index contributed by atoms with van der Waals surface area (Å²) >= 11 is 1.61. The van der Waals surface area contributed by atoms with E-state index in [1.807, 2.05) is 54.8 Å². The van der Waals surface area contributed by atoms with Gasteiger partial charge >= 0.3 is 0 Å². The lowest BCUT2D eigenvalue weighted by Crippen LogP contribution is -2.40. The van der Waals surface area contributed by atoms with Crippen molar-refractivity contribution < 1.29 is 9.18 Å². The van der Waals surface area contributed by atoms with Gasteiger partial charge in [0.15, 0.2) is 0 Å². The van der Waals surface area contributed by atoms with Crippen LogP contribution in [-0.2, 0) is 4.79 Å². The van der Waals surface area contributed by atoms with Gasteiger partial charge in [0, 0.05) is 11.4 Å². The smallest absolute Gasteiger partial charge is 0.241 e. The van der Waals surface area contributed by atoms with E-state index < -0.39 is 5.82 Å². The van der Waals surface area contributed by atoms with Crippen molar-refractivity contribution in [1.82, 2.24) is 5.32 Å². The molecule has 0 unspecified atom stereocenters. The van der Waals surface area contributed by atoms with Crippen LogP contribution in [0.1, 0.15) is 28.5 Å². The average molecular weight is 408 g/mol. The number of carbonyl (C=O) groups is 1. The number of hydrogen-bond donors (Lipinski definition) is 1. The fourth-order valence-electron chi connectivity index (χ4n) is 3.09. The summed E-state index contributed by atoms with van der Waals surface area (Å²) in [5.74, 6) is -0.758. The third kappa shape index (κ3) is 5.29. The molecule has 1 N–H and O–H groups in total. The van der Waals surface area contributed by atoms with Crippen molar-refractivity contribution in [3.63, 3.8) is 0 Å². The molecule has 0 saturated carbocycles. The van der Waals surface area contributed by atoms with Crippen molar-refractivity contribution in [2.75, 3.05) is 18.0 Å². The SMILES string of the molecule is Cc1ccc([C@@H](NCC(=O)N(CCC#N)c2ccccc2F)c2cccs2)cc1. The van der Waals surface area contributed by atoms with Gasteiger partial charge in [-0.15, -0.1) is 11.3 Å². The minimum Gasteiger partial charge on any atom is -0.308 e. The first-order valence-corrected chi connectivity index (χ1v) is 10.2. The minimum atomic E-state index is -0.480. The van der Waals surface area contributed by atoms with Crippen molar-refractivity contribution in [1.29, 1.82) is 5.26 Å². The summed E-state index contributed by atoms with van der Waals surface area (Å²) in [7, 11) is 0. The van der Waals surface area contributed by atoms with Gasteiger partial charge in [-0.2, -0.15) is 5.26 Å². The summed E-state index contributed by atoms with van der Waals surface area (Å²) in [6.45, 7) is 2.20. The molecule has 0 aliphatic carbocycles. The number of hydrogen-bond acceptors (Lipinski definition) is 4. The third-order valence-corrected chi connectivity index (χ3v) is 5.52. The number of thiophene rings is 1. The fraction of sp³-hybridized carbons (Fsp3) is 0.217. The normalized spacial score (nSPS) is 11.6. The number of nitrogens with zero attached hydrogens (tertiary/aromatic N) is 2. The quantitative estimate of drug-likeness (QED) is 0.582. The highest BCUT2D eigenvalue weighted by molar-refractivity contribution is 7.10. The van der Waals surface area contributed by atoms with Crippen LogP contribution in [0.4, 0.5) is 10.1 Å². The van der Waals surface area contributed by atoms with Gasteiger partial charge in [0.1, 0.15) is 5.82 Å². The molecule has 1 aromatic heterocycles. The van der Waals surface area contributed by atoms with Crippen LogP contribution in [0.5, 0.6) is 0 Å². The zero-order valence-corrected chi connectivity index (χ0v) is 17.0. The number of amides is 1. The lowest BCUT2D eigenvalue weighted by Gasteiger charge is -2.24. The second-order valence-electron chi connectivity index (χ2n) is 6.64. The number of carbonyl (C=O) groups excluding carboxylic acids is 1. The summed E-state index contributed by atoms with van der Waals surface area (Å²) in [6, 6.07) is 20.2. The van der Waals surface area contributed by atoms with E-state index in [-0.39, 0.29) is 37.1 Å². The van der Waals surface area contributed by atoms with Gasteiger partial charge < -0.3 is 4.90 Å². The van der Waals surface area contributed by atoms with Gasteiger partial charge in [-0.3, -0.25) is 10.1 Å². The monoisotopic (exact) mass is 407 g/mol. The Balaban J connectivity index is 1.80. The van der Waals surface area contributed by atoms with Crippen LogP contribution >= 0.6 is 11.3 Å². The van der Waals surface area contributed by atoms with Gasteiger partial charge in [-0.05, 0) is 36.1 Å². The van der Waals surface area contributed by atoms with Crippen molar-refractivity contribution in [3.8, 4) is 6.07 Å². The number of para-hydroxylation sites is 1. The Morgan fingerprint density at radius 3 is 2.59 bits per heavy atom. The predicted molar refractivity (Wildman–Crippen MR) is 114 cm³/mol. The first kappa shape index (κ1) is 20.7. The van der Waals surface area contributed by atoms with Crippen molar-refractivity contribution in [3.05, 3.63) is 87.9 Å². The molecule has 0 aliphatic heterocycles. The Bertz CT molecular complexity index is 980. The van der Waals surface area contributed by atoms with Crippen LogP contribution in [0.15, 0.2) is 66.0 Å². The Kier molecular flexibility index (Phi) is 7.12. The van der Waals surface area contributed by atoms with E-state index in [4.69, 9.17) is 5.26 Å². The molecule has 29 heavy (non-hydrogen) atoms. The number of halogens is 1. The summed E-state index contributed by atoms with van der Waals surface area (Å²) < 4.78 is 14.3. The average Bonchev–Trinajstić information content (AvgIpc) is 3.25. The van der Waals surface area contributed by atoms with E-state index >= 15 is 0 Å². The summed E-state index contributed by atoms with van der Waals surface area (Å²) in [5.41, 5.74) is 2.41. The van der Waals surface area contributed by atoms with Gasteiger partial charge in [-0.25, -0.2) is 4.39 Å². The van der Waals surface area contributed by atoms with E-state index in [2.05, 4.69) is 5.32 Å². The van der Waals surface area contributed by atoms with E-state index in [0.717, 1.165) is 16.0 Å². The lowest BCUT2D eigenvalue weighted by atomic mass is 10.0. The van der Waals surface area contributed by atoms with E-state index in [9.17, 15) is 9.18 Å². The molecule has 2 aromatic carbocycles. The van der Waals surface area contributed by atoms with Crippen LogP contribution in [0.25, 0.3) is 0 Å². The minimum absolute atomic E-state index is 0.0240. The van der Waals surface area contributed by atoms with Gasteiger partial charge in [0.05, 0.1) is 30.8 Å². The molecular formula is C23H22FN3OS. The zero-order chi connectivity index (χ0) is 20.6. The highest BCUT2D eigenvalue weighted by atomic mass is 32.1. The molecule has 0 radical (unpaired) electrons. The van der Waals surface area contributed by atoms with Gasteiger partial charge in [-0.1, -0.05) is 48.0 Å². The largest absolute Gasteiger partial charge is 0.308 e. The molecule has 0 bridgehead atoms. The fourth-order valence-corrected chi connectivity index (χ4v) is 3.92. The topological polar surface area (TPSA) is 56.1 Å². The molecule has 3 aromatic rings. The molecule has 4 nitrogen and oxygen atoms in total. The van der Waals surface area contributed by atoms with Gasteiger partial charge in [0.25, 0.3) is 0 Å². The number of nitrogens with one attached hydrogen (secondary N) is 1. The van der Waals surface area contributed by atoms with E-state index in [1.54, 1.807) is 29.5 Å². The molecule has 1 atom stereocenters. The third-order valence-electron chi connectivity index (χ3n) is 4.59. The van der Waals surface area contributed by atoms with Crippen LogP contribution in [0.2, 0.25) is 0 Å². The van der Waals surface area contributed by atoms with Crippen LogP contribution in [0, 0.1) is 24.1 Å². The Hall–Kier alpha value is -3.01. The van der Waals surface area contributed by atoms with Crippen molar-refractivity contribution >= 4 is 22.9 Å². The van der Waals surface area contributed by atoms with E-state index in [0.29, 0.717) is 0 Å². The molecule has 3 rings (SSSR count). The molecule has 148 valence electrons. The molecule has 0 saturated heterocycles. The summed E-state index contributed by atoms with van der Waals surface area (Å²) in [4.78, 5) is 15.4. The van der Waals surface area contributed by atoms with Crippen LogP contribution in [0.3, 0.4) is 0 Å². The summed E-state index contributed by atoms with van der Waals surface area (Å²) in [6.07, 6.45) is 0.131. The maximum atomic E-state index is 14.3. The van der Waals surface area contributed by atoms with Crippen LogP contribution < -0.4 is 10.2 Å². The first-order chi connectivity index (χ1) is 14.1. The second kappa shape index (κ2) is 9.97. The van der Waals surface area contributed by atoms with Crippen molar-refractivity contribution in [2.24, 2.45) is 0 Å². The number of nitriles is 1. The Morgan fingerprint density at radius 1 is 1.17 bits per heavy atom. The molecular weight excluding hydrogens is 385 g/mol. The number of rotatable bonds is 8. The van der Waals surface area contributed by atoms with Gasteiger partial charge in [0.2, 0.25) is 5.91 Å². The number of aryl methyl sites for hydroxylation is 1. The number of benzene rings is 2. The maximum absolute atomic E-state index is 14.3. The molecule has 0 aliphatic rings. The molecule has 0 fully saturated rings. The molecule has 1 amide bonds. The molecule has 1 heterocycles. The highest BCUT2D eigenvalue weighted by Crippen LogP contribution is 2.26. The standard InChI is InChI=1S/C23H22FN3OS/c1-17-9-11-18(12-10-17)23(21-8-4-15-29-21)26-16-22(28)27(14-5-13-25)20-7-3-2-6-19(20)24/h2-4,6-12,15,23,26H,5,14,16H2,1H3/t23-/m1/s1. The Labute approximate surface area is 174 Å². The summed E-state index contributed by atoms with van der Waals surface area (Å²) in [5, 5.41) is 14.2. The van der Waals surface area contributed by atoms with E-state index in [1.165, 1.54) is 11.0 Å². The van der Waals surface area contributed by atoms with Crippen LogP contribution in [-0.4, -0.2) is 19.0 Å². The maximum Gasteiger partial charge on any atom is 0.241 e. The lowest BCUT2D eigenvalue weighted by molar-refractivity contribution is -0.117. The molecule has 6 heteroatoms. The Morgan fingerprint density at radius 2 is 1.93 bits per heavy atom. The highest BCUT2D eigenvalue weighted by Gasteiger charge is 2.21. The second-order valence-corrected chi connectivity index (χ2v) is 7.62. The predicted octanol–water partition coefficient (Wildman–Crippen LogP) is 4.82. The molecule has 0 spiro atoms. The number of anilines is 1. The first-order valence-electron chi connectivity index (χ1n) is 9.35.